The highest BCUT2D eigenvalue weighted by Crippen LogP contribution is 2.37. The van der Waals surface area contributed by atoms with Gasteiger partial charge >= 0.3 is 6.03 Å². The number of benzene rings is 2. The normalized spacial score (nSPS) is 21.4. The van der Waals surface area contributed by atoms with Crippen LogP contribution in [0.15, 0.2) is 48.5 Å². The molecule has 0 bridgehead atoms. The molecule has 1 heterocycles. The largest absolute Gasteiger partial charge is 0.332 e. The highest BCUT2D eigenvalue weighted by atomic mass is 35.5. The minimum absolute atomic E-state index is 0.0985. The van der Waals surface area contributed by atoms with Gasteiger partial charge in [-0.1, -0.05) is 48.7 Å². The molecule has 156 valence electrons. The zero-order valence-electron chi connectivity index (χ0n) is 16.8. The predicted octanol–water partition coefficient (Wildman–Crippen LogP) is 4.61. The van der Waals surface area contributed by atoms with Crippen LogP contribution in [-0.4, -0.2) is 35.3 Å². The van der Waals surface area contributed by atoms with Gasteiger partial charge in [0.25, 0.3) is 0 Å². The van der Waals surface area contributed by atoms with Gasteiger partial charge in [0.1, 0.15) is 6.54 Å². The summed E-state index contributed by atoms with van der Waals surface area (Å²) in [7, 11) is 0. The summed E-state index contributed by atoms with van der Waals surface area (Å²) in [6, 6.07) is 13.5. The molecule has 2 atom stereocenters. The molecule has 2 unspecified atom stereocenters. The number of nitrogens with zero attached hydrogens (tertiary/aromatic N) is 2. The number of aryl methyl sites for hydroxylation is 1. The number of carbonyl (C=O) groups excluding carboxylic acids is 3. The molecule has 6 nitrogen and oxygen atoms in total. The molecular formula is C23H24ClN3O3. The van der Waals surface area contributed by atoms with Crippen molar-refractivity contribution in [2.45, 2.75) is 38.6 Å². The van der Waals surface area contributed by atoms with Crippen molar-refractivity contribution in [1.82, 2.24) is 4.90 Å². The minimum atomic E-state index is -0.467. The van der Waals surface area contributed by atoms with E-state index in [1.54, 1.807) is 29.2 Å². The van der Waals surface area contributed by atoms with Gasteiger partial charge in [-0.15, -0.1) is 0 Å². The third-order valence-electron chi connectivity index (χ3n) is 5.90. The van der Waals surface area contributed by atoms with E-state index in [-0.39, 0.29) is 30.3 Å². The number of rotatable bonds is 4. The molecule has 1 aliphatic heterocycles. The van der Waals surface area contributed by atoms with Crippen LogP contribution in [0, 0.1) is 12.8 Å². The van der Waals surface area contributed by atoms with Crippen LogP contribution in [0.3, 0.4) is 0 Å². The van der Waals surface area contributed by atoms with E-state index in [1.807, 2.05) is 31.2 Å². The first-order chi connectivity index (χ1) is 14.5. The number of carbonyl (C=O) groups is 3. The summed E-state index contributed by atoms with van der Waals surface area (Å²) in [4.78, 5) is 42.1. The summed E-state index contributed by atoms with van der Waals surface area (Å²) >= 11 is 6.10. The van der Waals surface area contributed by atoms with E-state index in [4.69, 9.17) is 11.6 Å². The van der Waals surface area contributed by atoms with E-state index in [9.17, 15) is 14.4 Å². The fourth-order valence-electron chi connectivity index (χ4n) is 4.40. The van der Waals surface area contributed by atoms with Gasteiger partial charge in [-0.3, -0.25) is 9.59 Å². The quantitative estimate of drug-likeness (QED) is 0.777. The topological polar surface area (TPSA) is 69.7 Å². The highest BCUT2D eigenvalue weighted by molar-refractivity contribution is 6.31. The lowest BCUT2D eigenvalue weighted by Gasteiger charge is -2.46. The summed E-state index contributed by atoms with van der Waals surface area (Å²) in [5, 5.41) is 3.34. The number of anilines is 2. The van der Waals surface area contributed by atoms with E-state index in [1.165, 1.54) is 4.90 Å². The van der Waals surface area contributed by atoms with Crippen molar-refractivity contribution in [3.8, 4) is 0 Å². The average molecular weight is 426 g/mol. The van der Waals surface area contributed by atoms with Crippen molar-refractivity contribution >= 4 is 40.8 Å². The summed E-state index contributed by atoms with van der Waals surface area (Å²) in [5.74, 6) is -0.786. The monoisotopic (exact) mass is 425 g/mol. The standard InChI is InChI=1S/C23H24ClN3O3/c1-15-7-2-4-11-19(15)25-21(28)14-26-20-12-5-3-10-18(20)22(29)27(23(26)30)17-9-6-8-16(24)13-17/h2,4,6-9,11,13,18,20H,3,5,10,12,14H2,1H3,(H,25,28). The Labute approximate surface area is 180 Å². The van der Waals surface area contributed by atoms with Crippen LogP contribution in [0.2, 0.25) is 5.02 Å². The van der Waals surface area contributed by atoms with Gasteiger partial charge in [-0.2, -0.15) is 0 Å². The third kappa shape index (κ3) is 3.92. The number of urea groups is 1. The minimum Gasteiger partial charge on any atom is -0.324 e. The lowest BCUT2D eigenvalue weighted by atomic mass is 9.81. The Morgan fingerprint density at radius 2 is 1.87 bits per heavy atom. The molecule has 1 saturated carbocycles. The summed E-state index contributed by atoms with van der Waals surface area (Å²) in [5.41, 5.74) is 2.10. The van der Waals surface area contributed by atoms with Crippen LogP contribution in [0.25, 0.3) is 0 Å². The molecule has 4 rings (SSSR count). The molecule has 0 aromatic heterocycles. The Balaban J connectivity index is 1.61. The van der Waals surface area contributed by atoms with Gasteiger partial charge < -0.3 is 10.2 Å². The lowest BCUT2D eigenvalue weighted by Crippen LogP contribution is -2.64. The number of fused-ring (bicyclic) bond motifs is 1. The van der Waals surface area contributed by atoms with Crippen LogP contribution in [-0.2, 0) is 9.59 Å². The molecule has 2 fully saturated rings. The fraction of sp³-hybridized carbons (Fsp3) is 0.348. The first-order valence-corrected chi connectivity index (χ1v) is 10.6. The van der Waals surface area contributed by atoms with Crippen LogP contribution < -0.4 is 10.2 Å². The lowest BCUT2D eigenvalue weighted by molar-refractivity contribution is -0.128. The Kier molecular flexibility index (Phi) is 5.77. The molecule has 1 saturated heterocycles. The van der Waals surface area contributed by atoms with Crippen LogP contribution in [0.1, 0.15) is 31.2 Å². The number of hydrogen-bond acceptors (Lipinski definition) is 3. The van der Waals surface area contributed by atoms with Crippen molar-refractivity contribution < 1.29 is 14.4 Å². The molecule has 1 aliphatic carbocycles. The van der Waals surface area contributed by atoms with E-state index in [2.05, 4.69) is 5.32 Å². The van der Waals surface area contributed by atoms with Crippen LogP contribution in [0.4, 0.5) is 16.2 Å². The first-order valence-electron chi connectivity index (χ1n) is 10.2. The van der Waals surface area contributed by atoms with Gasteiger partial charge in [0.2, 0.25) is 11.8 Å². The summed E-state index contributed by atoms with van der Waals surface area (Å²) in [6.45, 7) is 1.82. The first kappa shape index (κ1) is 20.4. The highest BCUT2D eigenvalue weighted by Gasteiger charge is 2.48. The van der Waals surface area contributed by atoms with E-state index < -0.39 is 6.03 Å². The Morgan fingerprint density at radius 3 is 2.63 bits per heavy atom. The Morgan fingerprint density at radius 1 is 1.10 bits per heavy atom. The number of para-hydroxylation sites is 1. The van der Waals surface area contributed by atoms with Gasteiger partial charge in [0.05, 0.1) is 11.6 Å². The molecule has 7 heteroatoms. The van der Waals surface area contributed by atoms with E-state index >= 15 is 0 Å². The maximum absolute atomic E-state index is 13.4. The molecule has 2 aliphatic rings. The number of nitrogens with one attached hydrogen (secondary N) is 1. The Bertz CT molecular complexity index is 993. The molecule has 2 aromatic carbocycles. The van der Waals surface area contributed by atoms with Crippen molar-refractivity contribution in [2.24, 2.45) is 5.92 Å². The average Bonchev–Trinajstić information content (AvgIpc) is 2.73. The van der Waals surface area contributed by atoms with Crippen molar-refractivity contribution in [1.29, 1.82) is 0 Å². The molecule has 1 N–H and O–H groups in total. The predicted molar refractivity (Wildman–Crippen MR) is 117 cm³/mol. The second-order valence-electron chi connectivity index (χ2n) is 7.89. The Hall–Kier alpha value is -2.86. The molecule has 0 spiro atoms. The van der Waals surface area contributed by atoms with Crippen molar-refractivity contribution in [3.63, 3.8) is 0 Å². The second kappa shape index (κ2) is 8.48. The van der Waals surface area contributed by atoms with Gasteiger partial charge in [-0.05, 0) is 49.6 Å². The SMILES string of the molecule is Cc1ccccc1NC(=O)CN1C(=O)N(c2cccc(Cl)c2)C(=O)C2CCCCC21. The molecule has 4 amide bonds. The number of amides is 4. The smallest absolute Gasteiger partial charge is 0.324 e. The third-order valence-corrected chi connectivity index (χ3v) is 6.14. The fourth-order valence-corrected chi connectivity index (χ4v) is 4.58. The van der Waals surface area contributed by atoms with E-state index in [0.717, 1.165) is 30.5 Å². The number of halogens is 1. The van der Waals surface area contributed by atoms with Crippen molar-refractivity contribution in [2.75, 3.05) is 16.8 Å². The molecule has 30 heavy (non-hydrogen) atoms. The molecule has 0 radical (unpaired) electrons. The zero-order valence-corrected chi connectivity index (χ0v) is 17.6. The van der Waals surface area contributed by atoms with Gasteiger partial charge in [0.15, 0.2) is 0 Å². The van der Waals surface area contributed by atoms with Crippen LogP contribution >= 0.6 is 11.6 Å². The zero-order chi connectivity index (χ0) is 21.3. The summed E-state index contributed by atoms with van der Waals surface area (Å²) in [6.07, 6.45) is 3.31. The number of hydrogen-bond donors (Lipinski definition) is 1. The molecular weight excluding hydrogens is 402 g/mol. The van der Waals surface area contributed by atoms with Gasteiger partial charge in [0, 0.05) is 16.8 Å². The maximum atomic E-state index is 13.4. The van der Waals surface area contributed by atoms with Gasteiger partial charge in [-0.25, -0.2) is 9.69 Å². The molecule has 2 aromatic rings. The van der Waals surface area contributed by atoms with Crippen LogP contribution in [0.5, 0.6) is 0 Å². The second-order valence-corrected chi connectivity index (χ2v) is 8.32. The van der Waals surface area contributed by atoms with Crippen molar-refractivity contribution in [3.05, 3.63) is 59.1 Å². The number of imide groups is 1. The maximum Gasteiger partial charge on any atom is 0.332 e. The van der Waals surface area contributed by atoms with E-state index in [0.29, 0.717) is 17.1 Å². The summed E-state index contributed by atoms with van der Waals surface area (Å²) < 4.78 is 0.